The van der Waals surface area contributed by atoms with Gasteiger partial charge in [-0.1, -0.05) is 34.1 Å². The van der Waals surface area contributed by atoms with Crippen LogP contribution in [0.5, 0.6) is 0 Å². The van der Waals surface area contributed by atoms with E-state index < -0.39 is 0 Å². The van der Waals surface area contributed by atoms with E-state index >= 15 is 0 Å². The number of hydrogen-bond acceptors (Lipinski definition) is 2. The molecular weight excluding hydrogens is 312 g/mol. The van der Waals surface area contributed by atoms with Crippen LogP contribution in [0.2, 0.25) is 0 Å². The standard InChI is InChI=1S/C17H17BrN2/c18-14-4-2-5-15(9-14)20-8-7-13-11-19-10-12-3-1-6-16(20)17(12)13/h1-6,9,13,19H,7-8,10-11H2. The molecule has 1 unspecified atom stereocenters. The Morgan fingerprint density at radius 1 is 1.15 bits per heavy atom. The molecule has 2 aliphatic heterocycles. The Labute approximate surface area is 127 Å². The number of benzene rings is 2. The second-order valence-corrected chi connectivity index (χ2v) is 6.51. The number of nitrogens with zero attached hydrogens (tertiary/aromatic N) is 1. The average molecular weight is 329 g/mol. The zero-order valence-corrected chi connectivity index (χ0v) is 12.9. The third-order valence-electron chi connectivity index (χ3n) is 4.40. The van der Waals surface area contributed by atoms with Gasteiger partial charge in [0.1, 0.15) is 0 Å². The quantitative estimate of drug-likeness (QED) is 0.844. The van der Waals surface area contributed by atoms with E-state index in [9.17, 15) is 0 Å². The highest BCUT2D eigenvalue weighted by Gasteiger charge is 2.30. The van der Waals surface area contributed by atoms with E-state index in [2.05, 4.69) is 68.6 Å². The summed E-state index contributed by atoms with van der Waals surface area (Å²) < 4.78 is 1.14. The van der Waals surface area contributed by atoms with E-state index in [1.165, 1.54) is 23.4 Å². The van der Waals surface area contributed by atoms with Crippen LogP contribution in [0.25, 0.3) is 0 Å². The molecule has 0 saturated heterocycles. The minimum absolute atomic E-state index is 0.679. The van der Waals surface area contributed by atoms with Gasteiger partial charge in [-0.3, -0.25) is 0 Å². The van der Waals surface area contributed by atoms with E-state index in [0.29, 0.717) is 5.92 Å². The average Bonchev–Trinajstić information content (AvgIpc) is 2.48. The van der Waals surface area contributed by atoms with Gasteiger partial charge in [-0.05, 0) is 41.8 Å². The first kappa shape index (κ1) is 12.4. The maximum atomic E-state index is 3.58. The first-order valence-electron chi connectivity index (χ1n) is 7.18. The van der Waals surface area contributed by atoms with E-state index in [1.54, 1.807) is 5.56 Å². The van der Waals surface area contributed by atoms with Crippen molar-refractivity contribution in [1.29, 1.82) is 0 Å². The molecule has 0 bridgehead atoms. The molecule has 0 aromatic heterocycles. The molecule has 0 radical (unpaired) electrons. The lowest BCUT2D eigenvalue weighted by atomic mass is 9.83. The van der Waals surface area contributed by atoms with Crippen LogP contribution in [0.3, 0.4) is 0 Å². The zero-order chi connectivity index (χ0) is 13.5. The third-order valence-corrected chi connectivity index (χ3v) is 4.89. The highest BCUT2D eigenvalue weighted by molar-refractivity contribution is 9.10. The van der Waals surface area contributed by atoms with Gasteiger partial charge >= 0.3 is 0 Å². The SMILES string of the molecule is Brc1cccc(N2CCC3CNCc4cccc2c43)c1. The van der Waals surface area contributed by atoms with Crippen molar-refractivity contribution < 1.29 is 0 Å². The third kappa shape index (κ3) is 1.97. The van der Waals surface area contributed by atoms with Gasteiger partial charge in [-0.15, -0.1) is 0 Å². The molecule has 1 atom stereocenters. The Hall–Kier alpha value is -1.32. The molecule has 0 spiro atoms. The largest absolute Gasteiger partial charge is 0.341 e. The van der Waals surface area contributed by atoms with Crippen LogP contribution in [-0.2, 0) is 6.54 Å². The van der Waals surface area contributed by atoms with Crippen molar-refractivity contribution in [3.8, 4) is 0 Å². The van der Waals surface area contributed by atoms with Crippen molar-refractivity contribution in [3.05, 3.63) is 58.1 Å². The van der Waals surface area contributed by atoms with Gasteiger partial charge in [-0.25, -0.2) is 0 Å². The first-order valence-corrected chi connectivity index (χ1v) is 7.98. The summed E-state index contributed by atoms with van der Waals surface area (Å²) in [6.45, 7) is 3.22. The minimum Gasteiger partial charge on any atom is -0.341 e. The Balaban J connectivity index is 1.84. The van der Waals surface area contributed by atoms with Gasteiger partial charge in [0.25, 0.3) is 0 Å². The number of hydrogen-bond donors (Lipinski definition) is 1. The van der Waals surface area contributed by atoms with Crippen LogP contribution in [0.4, 0.5) is 11.4 Å². The highest BCUT2D eigenvalue weighted by Crippen LogP contribution is 2.42. The summed E-state index contributed by atoms with van der Waals surface area (Å²) in [6, 6.07) is 15.3. The maximum Gasteiger partial charge on any atom is 0.0449 e. The lowest BCUT2D eigenvalue weighted by molar-refractivity contribution is 0.502. The molecule has 20 heavy (non-hydrogen) atoms. The topological polar surface area (TPSA) is 15.3 Å². The molecular formula is C17H17BrN2. The normalized spacial score (nSPS) is 20.6. The van der Waals surface area contributed by atoms with E-state index in [4.69, 9.17) is 0 Å². The lowest BCUT2D eigenvalue weighted by Crippen LogP contribution is -2.36. The van der Waals surface area contributed by atoms with Gasteiger partial charge in [0, 0.05) is 41.4 Å². The molecule has 0 fully saturated rings. The van der Waals surface area contributed by atoms with Crippen molar-refractivity contribution >= 4 is 27.3 Å². The molecule has 3 heteroatoms. The predicted octanol–water partition coefficient (Wildman–Crippen LogP) is 4.18. The first-order chi connectivity index (χ1) is 9.83. The van der Waals surface area contributed by atoms with Crippen molar-refractivity contribution in [3.63, 3.8) is 0 Å². The summed E-state index contributed by atoms with van der Waals surface area (Å²) >= 11 is 3.58. The van der Waals surface area contributed by atoms with Crippen molar-refractivity contribution in [1.82, 2.24) is 5.32 Å². The number of anilines is 2. The Morgan fingerprint density at radius 3 is 2.95 bits per heavy atom. The van der Waals surface area contributed by atoms with Crippen molar-refractivity contribution in [2.75, 3.05) is 18.0 Å². The van der Waals surface area contributed by atoms with Gasteiger partial charge in [0.15, 0.2) is 0 Å². The molecule has 0 aliphatic carbocycles. The molecule has 2 aromatic carbocycles. The van der Waals surface area contributed by atoms with Crippen LogP contribution < -0.4 is 10.2 Å². The summed E-state index contributed by atoms with van der Waals surface area (Å²) in [4.78, 5) is 2.46. The maximum absolute atomic E-state index is 3.58. The molecule has 4 rings (SSSR count). The second-order valence-electron chi connectivity index (χ2n) is 5.60. The fraction of sp³-hybridized carbons (Fsp3) is 0.294. The highest BCUT2D eigenvalue weighted by atomic mass is 79.9. The molecule has 2 heterocycles. The van der Waals surface area contributed by atoms with Crippen LogP contribution in [0, 0.1) is 0 Å². The fourth-order valence-electron chi connectivity index (χ4n) is 3.51. The Bertz CT molecular complexity index is 653. The van der Waals surface area contributed by atoms with Gasteiger partial charge in [0.05, 0.1) is 0 Å². The van der Waals surface area contributed by atoms with E-state index in [1.807, 2.05) is 0 Å². The summed E-state index contributed by atoms with van der Waals surface area (Å²) in [5.41, 5.74) is 5.72. The molecule has 0 amide bonds. The van der Waals surface area contributed by atoms with E-state index in [-0.39, 0.29) is 0 Å². The monoisotopic (exact) mass is 328 g/mol. The zero-order valence-electron chi connectivity index (χ0n) is 11.3. The van der Waals surface area contributed by atoms with Crippen LogP contribution >= 0.6 is 15.9 Å². The molecule has 2 aliphatic rings. The number of halogens is 1. The molecule has 2 aromatic rings. The smallest absolute Gasteiger partial charge is 0.0449 e. The van der Waals surface area contributed by atoms with Crippen LogP contribution in [0.1, 0.15) is 23.5 Å². The van der Waals surface area contributed by atoms with Crippen LogP contribution in [-0.4, -0.2) is 13.1 Å². The second kappa shape index (κ2) is 4.90. The summed E-state index contributed by atoms with van der Waals surface area (Å²) in [7, 11) is 0. The molecule has 1 N–H and O–H groups in total. The van der Waals surface area contributed by atoms with E-state index in [0.717, 1.165) is 24.1 Å². The van der Waals surface area contributed by atoms with Crippen molar-refractivity contribution in [2.45, 2.75) is 18.9 Å². The summed E-state index contributed by atoms with van der Waals surface area (Å²) in [6.07, 6.45) is 1.23. The summed E-state index contributed by atoms with van der Waals surface area (Å²) in [5.74, 6) is 0.679. The molecule has 2 nitrogen and oxygen atoms in total. The van der Waals surface area contributed by atoms with Crippen molar-refractivity contribution in [2.24, 2.45) is 0 Å². The fourth-order valence-corrected chi connectivity index (χ4v) is 3.89. The summed E-state index contributed by atoms with van der Waals surface area (Å²) in [5, 5.41) is 3.54. The van der Waals surface area contributed by atoms with Gasteiger partial charge < -0.3 is 10.2 Å². The molecule has 0 saturated carbocycles. The Morgan fingerprint density at radius 2 is 2.05 bits per heavy atom. The number of nitrogens with one attached hydrogen (secondary N) is 1. The van der Waals surface area contributed by atoms with Gasteiger partial charge in [0.2, 0.25) is 0 Å². The Kier molecular flexibility index (Phi) is 3.04. The predicted molar refractivity (Wildman–Crippen MR) is 86.7 cm³/mol. The van der Waals surface area contributed by atoms with Crippen LogP contribution in [0.15, 0.2) is 46.9 Å². The molecule has 102 valence electrons. The van der Waals surface area contributed by atoms with Gasteiger partial charge in [-0.2, -0.15) is 0 Å². The lowest BCUT2D eigenvalue weighted by Gasteiger charge is -2.39. The number of rotatable bonds is 1. The minimum atomic E-state index is 0.679.